The van der Waals surface area contributed by atoms with Gasteiger partial charge in [0.25, 0.3) is 11.5 Å². The van der Waals surface area contributed by atoms with Crippen LogP contribution in [0.25, 0.3) is 44.3 Å². The van der Waals surface area contributed by atoms with E-state index in [0.717, 1.165) is 4.68 Å². The van der Waals surface area contributed by atoms with E-state index in [1.165, 1.54) is 37.6 Å². The lowest BCUT2D eigenvalue weighted by molar-refractivity contribution is 0.0964. The number of nitrogens with one attached hydrogen (secondary N) is 1. The Hall–Kier alpha value is -5.20. The van der Waals surface area contributed by atoms with Crippen LogP contribution in [0.5, 0.6) is 0 Å². The summed E-state index contributed by atoms with van der Waals surface area (Å²) in [5.41, 5.74) is 3.38. The summed E-state index contributed by atoms with van der Waals surface area (Å²) in [4.78, 5) is 27.0. The summed E-state index contributed by atoms with van der Waals surface area (Å²) in [6.45, 7) is -0.364. The van der Waals surface area contributed by atoms with Gasteiger partial charge in [-0.25, -0.2) is 13.3 Å². The number of furan rings is 1. The van der Waals surface area contributed by atoms with E-state index < -0.39 is 34.3 Å². The van der Waals surface area contributed by atoms with Crippen LogP contribution in [0.2, 0.25) is 0 Å². The zero-order valence-corrected chi connectivity index (χ0v) is 25.3. The van der Waals surface area contributed by atoms with Crippen LogP contribution in [-0.2, 0) is 11.0 Å². The lowest BCUT2D eigenvalue weighted by atomic mass is 9.97. The van der Waals surface area contributed by atoms with E-state index in [0.29, 0.717) is 44.4 Å². The Morgan fingerprint density at radius 1 is 1.04 bits per heavy atom. The van der Waals surface area contributed by atoms with Crippen molar-refractivity contribution in [1.29, 1.82) is 0 Å². The third-order valence-electron chi connectivity index (χ3n) is 7.74. The fraction of sp³-hybridized carbons (Fsp3) is 0.152. The molecule has 0 aliphatic heterocycles. The molecular weight excluding hydrogens is 597 g/mol. The third kappa shape index (κ3) is 5.38. The number of rotatable bonds is 8. The largest absolute Gasteiger partial charge is 0.455 e. The highest BCUT2D eigenvalue weighted by Crippen LogP contribution is 2.41. The standard InChI is InChI=1S/C33H28FN5O5S/c1-35-32(41)30-25-16-23(27(38(2)45(3)43)17-29(25)44-31(30)20-9-12-22(34)13-10-20)21-11-14-26-24(15-21)33(42)39(37-36-26)28(18-40)19-7-5-4-6-8-19/h4-17,28,40H,18H2,1-3H3,(H,35,41). The molecule has 2 heterocycles. The van der Waals surface area contributed by atoms with Gasteiger partial charge >= 0.3 is 0 Å². The predicted octanol–water partition coefficient (Wildman–Crippen LogP) is 4.68. The van der Waals surface area contributed by atoms with Crippen molar-refractivity contribution >= 4 is 44.5 Å². The molecule has 45 heavy (non-hydrogen) atoms. The molecule has 0 aliphatic rings. The second-order valence-electron chi connectivity index (χ2n) is 10.4. The molecule has 1 amide bonds. The van der Waals surface area contributed by atoms with Crippen LogP contribution in [0, 0.1) is 5.82 Å². The highest BCUT2D eigenvalue weighted by Gasteiger charge is 2.25. The molecule has 0 bridgehead atoms. The van der Waals surface area contributed by atoms with Crippen LogP contribution >= 0.6 is 0 Å². The number of benzene rings is 4. The molecule has 2 N–H and O–H groups in total. The highest BCUT2D eigenvalue weighted by atomic mass is 32.2. The molecule has 12 heteroatoms. The first-order valence-corrected chi connectivity index (χ1v) is 15.4. The Kier molecular flexibility index (Phi) is 8.00. The number of carbonyl (C=O) groups excluding carboxylic acids is 1. The van der Waals surface area contributed by atoms with Crippen molar-refractivity contribution in [1.82, 2.24) is 20.3 Å². The van der Waals surface area contributed by atoms with Gasteiger partial charge in [-0.05, 0) is 53.6 Å². The molecule has 0 aliphatic carbocycles. The average molecular weight is 626 g/mol. The Balaban J connectivity index is 1.59. The first kappa shape index (κ1) is 29.9. The Bertz CT molecular complexity index is 2150. The number of halogens is 1. The maximum atomic E-state index is 13.8. The van der Waals surface area contributed by atoms with Gasteiger partial charge < -0.3 is 14.8 Å². The smallest absolute Gasteiger partial charge is 0.278 e. The topological polar surface area (TPSA) is 131 Å². The summed E-state index contributed by atoms with van der Waals surface area (Å²) in [7, 11) is 1.72. The molecule has 4 aromatic carbocycles. The van der Waals surface area contributed by atoms with Gasteiger partial charge in [0.1, 0.15) is 39.7 Å². The number of aliphatic hydroxyl groups excluding tert-OH is 1. The first-order chi connectivity index (χ1) is 21.7. The molecule has 228 valence electrons. The SMILES string of the molecule is CNC(=O)c1c(-c2ccc(F)cc2)oc2cc(N(C)S(C)=O)c(-c3ccc4nnn(C(CO)c5ccccc5)c(=O)c4c3)cc12. The van der Waals surface area contributed by atoms with E-state index in [2.05, 4.69) is 15.6 Å². The van der Waals surface area contributed by atoms with E-state index >= 15 is 0 Å². The maximum absolute atomic E-state index is 13.8. The minimum absolute atomic E-state index is 0.245. The summed E-state index contributed by atoms with van der Waals surface area (Å²) < 4.78 is 35.3. The molecule has 2 aromatic heterocycles. The summed E-state index contributed by atoms with van der Waals surface area (Å²) in [5.74, 6) is -0.589. The zero-order chi connectivity index (χ0) is 31.8. The van der Waals surface area contributed by atoms with E-state index in [1.807, 2.05) is 18.2 Å². The predicted molar refractivity (Wildman–Crippen MR) is 172 cm³/mol. The zero-order valence-electron chi connectivity index (χ0n) is 24.5. The monoisotopic (exact) mass is 625 g/mol. The van der Waals surface area contributed by atoms with Crippen LogP contribution in [-0.4, -0.2) is 57.2 Å². The van der Waals surface area contributed by atoms with Crippen LogP contribution < -0.4 is 15.2 Å². The van der Waals surface area contributed by atoms with Gasteiger partial charge in [0.05, 0.1) is 23.2 Å². The van der Waals surface area contributed by atoms with Crippen LogP contribution in [0.3, 0.4) is 0 Å². The minimum atomic E-state index is -1.44. The number of aromatic nitrogens is 3. The number of carbonyl (C=O) groups is 1. The fourth-order valence-corrected chi connectivity index (χ4v) is 5.77. The van der Waals surface area contributed by atoms with E-state index in [1.54, 1.807) is 53.8 Å². The van der Waals surface area contributed by atoms with Crippen LogP contribution in [0.15, 0.2) is 94.1 Å². The first-order valence-electron chi connectivity index (χ1n) is 13.9. The van der Waals surface area contributed by atoms with Gasteiger partial charge in [0.2, 0.25) is 0 Å². The normalized spacial score (nSPS) is 12.7. The van der Waals surface area contributed by atoms with E-state index in [4.69, 9.17) is 4.42 Å². The summed E-state index contributed by atoms with van der Waals surface area (Å²) in [6.07, 6.45) is 1.53. The van der Waals surface area contributed by atoms with Gasteiger partial charge in [-0.3, -0.25) is 13.9 Å². The Morgan fingerprint density at radius 2 is 1.76 bits per heavy atom. The van der Waals surface area contributed by atoms with Crippen LogP contribution in [0.1, 0.15) is 22.0 Å². The van der Waals surface area contributed by atoms with E-state index in [-0.39, 0.29) is 23.3 Å². The van der Waals surface area contributed by atoms with Crippen LogP contribution in [0.4, 0.5) is 10.1 Å². The number of amides is 1. The average Bonchev–Trinajstić information content (AvgIpc) is 3.44. The molecule has 0 radical (unpaired) electrons. The molecule has 10 nitrogen and oxygen atoms in total. The summed E-state index contributed by atoms with van der Waals surface area (Å²) in [5, 5.41) is 21.9. The molecule has 0 saturated heterocycles. The summed E-state index contributed by atoms with van der Waals surface area (Å²) in [6, 6.07) is 22.5. The van der Waals surface area contributed by atoms with E-state index in [9.17, 15) is 23.3 Å². The second-order valence-corrected chi connectivity index (χ2v) is 11.8. The minimum Gasteiger partial charge on any atom is -0.455 e. The molecule has 6 rings (SSSR count). The van der Waals surface area contributed by atoms with Gasteiger partial charge in [0.15, 0.2) is 0 Å². The fourth-order valence-electron chi connectivity index (χ4n) is 5.34. The Labute approximate surface area is 259 Å². The summed E-state index contributed by atoms with van der Waals surface area (Å²) >= 11 is 0. The number of nitrogens with zero attached hydrogens (tertiary/aromatic N) is 4. The van der Waals surface area contributed by atoms with Crippen molar-refractivity contribution in [3.8, 4) is 22.5 Å². The van der Waals surface area contributed by atoms with Crippen molar-refractivity contribution in [3.05, 3.63) is 112 Å². The number of hydrogen-bond donors (Lipinski definition) is 2. The van der Waals surface area contributed by atoms with Crippen molar-refractivity contribution < 1.29 is 22.9 Å². The molecule has 0 spiro atoms. The van der Waals surface area contributed by atoms with Gasteiger partial charge in [-0.2, -0.15) is 0 Å². The van der Waals surface area contributed by atoms with Crippen molar-refractivity contribution in [2.24, 2.45) is 0 Å². The molecule has 2 atom stereocenters. The van der Waals surface area contributed by atoms with Gasteiger partial charge in [0, 0.05) is 42.9 Å². The maximum Gasteiger partial charge on any atom is 0.278 e. The molecule has 0 saturated carbocycles. The Morgan fingerprint density at radius 3 is 2.42 bits per heavy atom. The molecular formula is C33H28FN5O5S. The number of anilines is 1. The molecule has 2 unspecified atom stereocenters. The van der Waals surface area contributed by atoms with Gasteiger partial charge in [-0.15, -0.1) is 5.10 Å². The van der Waals surface area contributed by atoms with Crippen molar-refractivity contribution in [3.63, 3.8) is 0 Å². The molecule has 0 fully saturated rings. The van der Waals surface area contributed by atoms with Crippen molar-refractivity contribution in [2.45, 2.75) is 6.04 Å². The lowest BCUT2D eigenvalue weighted by Crippen LogP contribution is -2.31. The lowest BCUT2D eigenvalue weighted by Gasteiger charge is -2.20. The number of fused-ring (bicyclic) bond motifs is 2. The third-order valence-corrected chi connectivity index (χ3v) is 8.71. The number of aliphatic hydroxyl groups is 1. The highest BCUT2D eigenvalue weighted by molar-refractivity contribution is 7.85. The second kappa shape index (κ2) is 12.1. The number of hydrogen-bond acceptors (Lipinski definition) is 7. The van der Waals surface area contributed by atoms with Crippen molar-refractivity contribution in [2.75, 3.05) is 31.3 Å². The van der Waals surface area contributed by atoms with Gasteiger partial charge in [-0.1, -0.05) is 41.6 Å². The molecule has 6 aromatic rings. The quantitative estimate of drug-likeness (QED) is 0.251.